The smallest absolute Gasteiger partial charge is 0.117 e. The van der Waals surface area contributed by atoms with E-state index in [4.69, 9.17) is 0 Å². The van der Waals surface area contributed by atoms with Gasteiger partial charge in [0.15, 0.2) is 0 Å². The monoisotopic (exact) mass is 1020 g/mol. The van der Waals surface area contributed by atoms with Gasteiger partial charge in [-0.25, -0.2) is 0 Å². The van der Waals surface area contributed by atoms with Crippen molar-refractivity contribution in [3.05, 3.63) is 129 Å². The molecule has 0 atom stereocenters. The Hall–Kier alpha value is -0.320. The molecule has 0 aliphatic heterocycles. The Bertz CT molecular complexity index is 1900. The zero-order chi connectivity index (χ0) is 48.6. The summed E-state index contributed by atoms with van der Waals surface area (Å²) < 4.78 is 4.53. The Balaban J connectivity index is 1.86. The summed E-state index contributed by atoms with van der Waals surface area (Å²) >= 11 is -0.117. The maximum Gasteiger partial charge on any atom is 0.270 e. The summed E-state index contributed by atoms with van der Waals surface area (Å²) in [4.78, 5) is 0. The van der Waals surface area contributed by atoms with Crippen LogP contribution >= 0.6 is 0 Å². The van der Waals surface area contributed by atoms with Crippen LogP contribution in [0, 0.1) is 0 Å². The predicted molar refractivity (Wildman–Crippen MR) is 318 cm³/mol. The standard InChI is InChI=1S/2C20H41Si4.C14H10.2Al/c2*1-21(2,3)19(22(4,5)6)17-14-13-15-18(16-17)20(23(7,8)9)24(10,11)12;1-2-6-12-10-14-8-4-3-7-13(14)9-11(12)5-1;;/h2*13-15,19-20H,1-12H3;1-10H;;. The Morgan fingerprint density at radius 3 is 0.594 bits per heavy atom. The second kappa shape index (κ2) is 19.1. The van der Waals surface area contributed by atoms with Crippen molar-refractivity contribution in [2.24, 2.45) is 0 Å². The fraction of sp³-hybridized carbons (Fsp3) is 0.556. The van der Waals surface area contributed by atoms with E-state index < -0.39 is 64.6 Å². The molecule has 0 bridgehead atoms. The molecule has 4 aromatic rings. The molecular weight excluding hydrogens is 927 g/mol. The summed E-state index contributed by atoms with van der Waals surface area (Å²) in [5, 5.41) is 2.90. The summed E-state index contributed by atoms with van der Waals surface area (Å²) in [7, 11) is -12.6. The van der Waals surface area contributed by atoms with E-state index in [0.717, 1.165) is 20.7 Å². The summed E-state index contributed by atoms with van der Waals surface area (Å²) in [5.74, 6) is 0. The van der Waals surface area contributed by atoms with Gasteiger partial charge in [-0.3, -0.25) is 0 Å². The first kappa shape index (κ1) is 54.6. The quantitative estimate of drug-likeness (QED) is 0.0981. The minimum Gasteiger partial charge on any atom is -0.117 e. The lowest BCUT2D eigenvalue weighted by Gasteiger charge is -2.45. The molecule has 0 nitrogen and oxygen atoms in total. The van der Waals surface area contributed by atoms with Crippen molar-refractivity contribution in [1.29, 1.82) is 0 Å². The van der Waals surface area contributed by atoms with Crippen LogP contribution in [0.5, 0.6) is 0 Å². The largest absolute Gasteiger partial charge is 0.270 e. The highest BCUT2D eigenvalue weighted by atomic mass is 28.4. The molecule has 64 heavy (non-hydrogen) atoms. The molecule has 0 heterocycles. The minimum atomic E-state index is -1.58. The molecule has 2 radical (unpaired) electrons. The van der Waals surface area contributed by atoms with E-state index in [-0.39, 0.29) is 30.4 Å². The lowest BCUT2D eigenvalue weighted by Crippen LogP contribution is -2.53. The van der Waals surface area contributed by atoms with Crippen molar-refractivity contribution in [3.63, 3.8) is 0 Å². The third-order valence-electron chi connectivity index (χ3n) is 14.5. The number of hydrogen-bond donors (Lipinski definition) is 0. The van der Waals surface area contributed by atoms with Gasteiger partial charge in [0.2, 0.25) is 0 Å². The van der Waals surface area contributed by atoms with Crippen LogP contribution in [0.15, 0.2) is 84.9 Å². The molecule has 0 unspecified atom stereocenters. The third kappa shape index (κ3) is 12.0. The molecule has 10 heteroatoms. The summed E-state index contributed by atoms with van der Waals surface area (Å²) in [6, 6.07) is 35.7. The molecular formula is C54H92Al2Si8. The van der Waals surface area contributed by atoms with Crippen molar-refractivity contribution in [1.82, 2.24) is 0 Å². The van der Waals surface area contributed by atoms with Crippen LogP contribution < -0.4 is 8.85 Å². The third-order valence-corrected chi connectivity index (χ3v) is 55.8. The van der Waals surface area contributed by atoms with Crippen LogP contribution in [0.25, 0.3) is 0 Å². The second-order valence-corrected chi connectivity index (χ2v) is 76.8. The molecule has 0 spiro atoms. The first-order valence-electron chi connectivity index (χ1n) is 25.0. The highest BCUT2D eigenvalue weighted by Gasteiger charge is 2.47. The lowest BCUT2D eigenvalue weighted by atomic mass is 9.85. The number of hydrogen-bond acceptors (Lipinski definition) is 0. The van der Waals surface area contributed by atoms with Gasteiger partial charge in [-0.05, 0) is 30.2 Å². The molecule has 5 rings (SSSR count). The molecule has 0 saturated heterocycles. The van der Waals surface area contributed by atoms with E-state index in [1.807, 2.05) is 8.85 Å². The van der Waals surface area contributed by atoms with E-state index >= 15 is 0 Å². The van der Waals surface area contributed by atoms with Gasteiger partial charge in [0, 0.05) is 64.6 Å². The molecule has 1 aliphatic carbocycles. The fourth-order valence-electron chi connectivity index (χ4n) is 14.7. The van der Waals surface area contributed by atoms with Gasteiger partial charge in [-0.2, -0.15) is 0 Å². The molecule has 0 N–H and O–H groups in total. The maximum absolute atomic E-state index is 2.69. The van der Waals surface area contributed by atoms with Crippen LogP contribution in [-0.2, 0) is 0 Å². The van der Waals surface area contributed by atoms with E-state index in [9.17, 15) is 0 Å². The average molecular weight is 1020 g/mol. The van der Waals surface area contributed by atoms with Gasteiger partial charge in [0.25, 0.3) is 30.4 Å². The van der Waals surface area contributed by atoms with Gasteiger partial charge in [0.1, 0.15) is 0 Å². The normalized spacial score (nSPS) is 17.0. The second-order valence-electron chi connectivity index (χ2n) is 28.9. The summed E-state index contributed by atoms with van der Waals surface area (Å²) in [5.41, 5.74) is 13.7. The van der Waals surface area contributed by atoms with Crippen molar-refractivity contribution in [2.45, 2.75) is 187 Å². The maximum atomic E-state index is 2.69. The molecule has 0 amide bonds. The first-order valence-corrected chi connectivity index (χ1v) is 56.1. The van der Waals surface area contributed by atoms with Gasteiger partial charge in [-0.15, -0.1) is 8.85 Å². The van der Waals surface area contributed by atoms with Crippen LogP contribution in [0.4, 0.5) is 0 Å². The molecule has 0 aromatic heterocycles. The van der Waals surface area contributed by atoms with Crippen LogP contribution in [-0.4, -0.2) is 95.0 Å². The highest BCUT2D eigenvalue weighted by Crippen LogP contribution is 2.47. The van der Waals surface area contributed by atoms with E-state index in [1.54, 1.807) is 44.5 Å². The molecule has 4 aromatic carbocycles. The Morgan fingerprint density at radius 1 is 0.266 bits per heavy atom. The Kier molecular flexibility index (Phi) is 16.3. The van der Waals surface area contributed by atoms with Gasteiger partial charge in [-0.1, -0.05) is 287 Å². The number of benzene rings is 4. The zero-order valence-corrected chi connectivity index (χ0v) is 56.0. The summed E-state index contributed by atoms with van der Waals surface area (Å²) in [6.45, 7) is 64.4. The van der Waals surface area contributed by atoms with Crippen LogP contribution in [0.2, 0.25) is 157 Å². The van der Waals surface area contributed by atoms with Crippen LogP contribution in [0.1, 0.15) is 74.7 Å². The molecule has 346 valence electrons. The first-order chi connectivity index (χ1) is 28.9. The molecule has 1 aliphatic rings. The van der Waals surface area contributed by atoms with Crippen molar-refractivity contribution >= 4 is 104 Å². The van der Waals surface area contributed by atoms with Gasteiger partial charge in [0.05, 0.1) is 0 Å². The van der Waals surface area contributed by atoms with E-state index in [1.165, 1.54) is 0 Å². The van der Waals surface area contributed by atoms with Crippen molar-refractivity contribution < 1.29 is 0 Å². The van der Waals surface area contributed by atoms with E-state index in [0.29, 0.717) is 9.56 Å². The molecule has 0 saturated carbocycles. The van der Waals surface area contributed by atoms with Crippen molar-refractivity contribution in [3.8, 4) is 0 Å². The Labute approximate surface area is 417 Å². The summed E-state index contributed by atoms with van der Waals surface area (Å²) in [6.07, 6.45) is 0. The predicted octanol–water partition coefficient (Wildman–Crippen LogP) is 15.6. The fourth-order valence-corrected chi connectivity index (χ4v) is 71.5. The van der Waals surface area contributed by atoms with E-state index in [2.05, 4.69) is 242 Å². The number of fused-ring (bicyclic) bond motifs is 2. The zero-order valence-electron chi connectivity index (χ0n) is 45.7. The average Bonchev–Trinajstić information content (AvgIpc) is 3.06. The van der Waals surface area contributed by atoms with Crippen molar-refractivity contribution in [2.75, 3.05) is 0 Å². The number of rotatable bonds is 16. The minimum absolute atomic E-state index is 0.0584. The van der Waals surface area contributed by atoms with Gasteiger partial charge >= 0.3 is 0 Å². The highest BCUT2D eigenvalue weighted by molar-refractivity contribution is 6.99. The molecule has 0 fully saturated rings. The van der Waals surface area contributed by atoms with Gasteiger partial charge < -0.3 is 0 Å². The topological polar surface area (TPSA) is 0 Å². The van der Waals surface area contributed by atoms with Crippen LogP contribution in [0.3, 0.4) is 0 Å². The lowest BCUT2D eigenvalue weighted by molar-refractivity contribution is 0.941. The Morgan fingerprint density at radius 2 is 0.438 bits per heavy atom. The SMILES string of the molecule is C[Si](C)(C)C(c1cccc(C([Si](C)(C)C)[Si](C)(C)C)[c]1[Al][CH]1c2ccccc2[CH]([Al][c]2c(C([Si](C)(C)C)[Si](C)(C)C)cccc2C([Si](C)(C)C)[Si](C)(C)C)c2ccccc21)[Si](C)(C)C.